The molecule has 0 N–H and O–H groups in total. The summed E-state index contributed by atoms with van der Waals surface area (Å²) in [4.78, 5) is 28.2. The zero-order valence-corrected chi connectivity index (χ0v) is 20.5. The summed E-state index contributed by atoms with van der Waals surface area (Å²) >= 11 is 6.98. The van der Waals surface area contributed by atoms with Crippen molar-refractivity contribution in [3.8, 4) is 0 Å². The normalized spacial score (nSPS) is 17.1. The van der Waals surface area contributed by atoms with E-state index in [2.05, 4.69) is 31.9 Å². The van der Waals surface area contributed by atoms with Gasteiger partial charge in [0.05, 0.1) is 6.54 Å². The smallest absolute Gasteiger partial charge is 0.187 e. The van der Waals surface area contributed by atoms with Gasteiger partial charge in [-0.05, 0) is 47.5 Å². The van der Waals surface area contributed by atoms with Crippen molar-refractivity contribution >= 4 is 55.6 Å². The number of halogens is 2. The highest BCUT2D eigenvalue weighted by Gasteiger charge is 2.27. The van der Waals surface area contributed by atoms with E-state index in [4.69, 9.17) is 0 Å². The number of hydrogen-bond donors (Lipinski definition) is 0. The monoisotopic (exact) mass is 549 g/mol. The fourth-order valence-corrected chi connectivity index (χ4v) is 4.57. The zero-order chi connectivity index (χ0) is 22.5. The van der Waals surface area contributed by atoms with E-state index < -0.39 is 0 Å². The van der Waals surface area contributed by atoms with Crippen LogP contribution in [0.15, 0.2) is 99.0 Å². The topological polar surface area (TPSA) is 37.4 Å². The largest absolute Gasteiger partial charge is 0.293 e. The summed E-state index contributed by atoms with van der Waals surface area (Å²) in [6.45, 7) is 1.11. The lowest BCUT2D eigenvalue weighted by Gasteiger charge is -2.29. The van der Waals surface area contributed by atoms with Crippen LogP contribution in [0.4, 0.5) is 0 Å². The number of ketones is 2. The molecule has 0 radical (unpaired) electrons. The average Bonchev–Trinajstić information content (AvgIpc) is 2.77. The molecule has 4 rings (SSSR count). The van der Waals surface area contributed by atoms with E-state index in [1.54, 1.807) is 0 Å². The molecule has 0 spiro atoms. The average molecular weight is 551 g/mol. The van der Waals surface area contributed by atoms with E-state index in [-0.39, 0.29) is 18.1 Å². The van der Waals surface area contributed by atoms with E-state index in [1.807, 2.05) is 95.9 Å². The second-order valence-electron chi connectivity index (χ2n) is 7.71. The molecule has 0 unspecified atom stereocenters. The van der Waals surface area contributed by atoms with Crippen LogP contribution in [0.2, 0.25) is 0 Å². The molecule has 3 nitrogen and oxygen atoms in total. The number of hydrogen-bond acceptors (Lipinski definition) is 3. The Hall–Kier alpha value is -2.60. The van der Waals surface area contributed by atoms with Gasteiger partial charge in [-0.3, -0.25) is 14.5 Å². The van der Waals surface area contributed by atoms with Crippen molar-refractivity contribution in [1.29, 1.82) is 0 Å². The molecule has 1 heterocycles. The molecule has 0 saturated carbocycles. The lowest BCUT2D eigenvalue weighted by atomic mass is 9.94. The van der Waals surface area contributed by atoms with Crippen LogP contribution in [-0.2, 0) is 4.79 Å². The molecule has 0 atom stereocenters. The number of carbonyl (C=O) groups excluding carboxylic acids is 2. The Bertz CT molecular complexity index is 1150. The van der Waals surface area contributed by atoms with Crippen LogP contribution in [0.5, 0.6) is 0 Å². The second kappa shape index (κ2) is 10.3. The number of benzene rings is 3. The predicted molar refractivity (Wildman–Crippen MR) is 136 cm³/mol. The summed E-state index contributed by atoms with van der Waals surface area (Å²) in [5, 5.41) is 0. The van der Waals surface area contributed by atoms with E-state index in [9.17, 15) is 9.59 Å². The van der Waals surface area contributed by atoms with Gasteiger partial charge in [0.15, 0.2) is 11.6 Å². The van der Waals surface area contributed by atoms with Crippen LogP contribution >= 0.6 is 31.9 Å². The molecule has 3 aromatic carbocycles. The van der Waals surface area contributed by atoms with Gasteiger partial charge in [0.1, 0.15) is 0 Å². The van der Waals surface area contributed by atoms with Gasteiger partial charge in [0.2, 0.25) is 0 Å². The van der Waals surface area contributed by atoms with Crippen molar-refractivity contribution < 1.29 is 9.59 Å². The van der Waals surface area contributed by atoms with Crippen LogP contribution in [0.3, 0.4) is 0 Å². The quantitative estimate of drug-likeness (QED) is 0.271. The number of carbonyl (C=O) groups is 2. The number of Topliss-reactive ketones (excluding diaryl/α,β-unsaturated/α-hetero) is 2. The van der Waals surface area contributed by atoms with Crippen molar-refractivity contribution in [2.45, 2.75) is 0 Å². The van der Waals surface area contributed by atoms with Crippen molar-refractivity contribution in [2.24, 2.45) is 0 Å². The number of nitrogens with zero attached hydrogens (tertiary/aromatic N) is 1. The van der Waals surface area contributed by atoms with E-state index >= 15 is 0 Å². The van der Waals surface area contributed by atoms with E-state index in [1.165, 1.54) is 0 Å². The molecule has 32 heavy (non-hydrogen) atoms. The summed E-state index contributed by atoms with van der Waals surface area (Å²) in [6.07, 6.45) is 3.84. The molecule has 0 bridgehead atoms. The molecular weight excluding hydrogens is 530 g/mol. The molecule has 0 aliphatic carbocycles. The minimum absolute atomic E-state index is 0.0216. The van der Waals surface area contributed by atoms with Crippen LogP contribution in [0.1, 0.15) is 21.5 Å². The minimum atomic E-state index is 0.0216. The third-order valence-electron chi connectivity index (χ3n) is 5.21. The zero-order valence-electron chi connectivity index (χ0n) is 17.3. The van der Waals surface area contributed by atoms with E-state index in [0.29, 0.717) is 29.8 Å². The Morgan fingerprint density at radius 1 is 0.781 bits per heavy atom. The molecule has 1 aliphatic heterocycles. The first-order valence-corrected chi connectivity index (χ1v) is 11.8. The molecule has 1 aliphatic rings. The van der Waals surface area contributed by atoms with Crippen molar-refractivity contribution in [3.05, 3.63) is 116 Å². The molecule has 0 aromatic heterocycles. The lowest BCUT2D eigenvalue weighted by Crippen LogP contribution is -2.40. The maximum Gasteiger partial charge on any atom is 0.187 e. The highest BCUT2D eigenvalue weighted by Crippen LogP contribution is 2.24. The van der Waals surface area contributed by atoms with Crippen molar-refractivity contribution in [3.63, 3.8) is 0 Å². The van der Waals surface area contributed by atoms with Gasteiger partial charge in [-0.15, -0.1) is 0 Å². The Balaban J connectivity index is 1.66. The third kappa shape index (κ3) is 5.80. The molecule has 5 heteroatoms. The molecule has 1 fully saturated rings. The lowest BCUT2D eigenvalue weighted by molar-refractivity contribution is -0.113. The number of likely N-dealkylation sites (tertiary alicyclic amines) is 1. The Morgan fingerprint density at radius 2 is 1.31 bits per heavy atom. The summed E-state index contributed by atoms with van der Waals surface area (Å²) in [5.74, 6) is 0.0666. The third-order valence-corrected chi connectivity index (χ3v) is 6.20. The first-order valence-electron chi connectivity index (χ1n) is 10.3. The first kappa shape index (κ1) is 22.6. The first-order chi connectivity index (χ1) is 15.5. The fourth-order valence-electron chi connectivity index (χ4n) is 3.74. The summed E-state index contributed by atoms with van der Waals surface area (Å²) in [6, 6.07) is 25.0. The molecule has 1 saturated heterocycles. The predicted octanol–water partition coefficient (Wildman–Crippen LogP) is 6.45. The van der Waals surface area contributed by atoms with Crippen LogP contribution in [0.25, 0.3) is 12.2 Å². The van der Waals surface area contributed by atoms with Gasteiger partial charge < -0.3 is 0 Å². The summed E-state index contributed by atoms with van der Waals surface area (Å²) in [5.41, 5.74) is 3.92. The fraction of sp³-hybridized carbons (Fsp3) is 0.111. The van der Waals surface area contributed by atoms with Crippen LogP contribution in [0, 0.1) is 0 Å². The minimum Gasteiger partial charge on any atom is -0.293 e. The molecule has 0 amide bonds. The highest BCUT2D eigenvalue weighted by molar-refractivity contribution is 9.10. The standard InChI is InChI=1S/C27H21Br2NO2/c28-24-10-4-6-19(14-24)12-22-16-30(18-26(31)21-8-2-1-3-9-21)17-23(27(22)32)13-20-7-5-11-25(29)15-20/h1-15H,16-18H2/b22-12-,23-13+. The maximum atomic E-state index is 13.3. The van der Waals surface area contributed by atoms with E-state index in [0.717, 1.165) is 20.1 Å². The second-order valence-corrected chi connectivity index (χ2v) is 9.54. The summed E-state index contributed by atoms with van der Waals surface area (Å²) in [7, 11) is 0. The van der Waals surface area contributed by atoms with Crippen molar-refractivity contribution in [2.75, 3.05) is 19.6 Å². The molecule has 160 valence electrons. The highest BCUT2D eigenvalue weighted by atomic mass is 79.9. The molecular formula is C27H21Br2NO2. The Labute approximate surface area is 204 Å². The Kier molecular flexibility index (Phi) is 7.30. The number of rotatable bonds is 5. The van der Waals surface area contributed by atoms with Gasteiger partial charge in [0.25, 0.3) is 0 Å². The number of piperidine rings is 1. The van der Waals surface area contributed by atoms with Gasteiger partial charge in [0, 0.05) is 38.7 Å². The molecule has 3 aromatic rings. The SMILES string of the molecule is O=C1/C(=C\c2cccc(Br)c2)CN(CC(=O)c2ccccc2)C/C1=C\c1cccc(Br)c1. The van der Waals surface area contributed by atoms with Crippen LogP contribution in [-0.4, -0.2) is 36.1 Å². The van der Waals surface area contributed by atoms with Gasteiger partial charge in [-0.1, -0.05) is 86.5 Å². The van der Waals surface area contributed by atoms with Gasteiger partial charge in [-0.25, -0.2) is 0 Å². The maximum absolute atomic E-state index is 13.3. The Morgan fingerprint density at radius 3 is 1.81 bits per heavy atom. The van der Waals surface area contributed by atoms with Gasteiger partial charge in [-0.2, -0.15) is 0 Å². The van der Waals surface area contributed by atoms with Crippen molar-refractivity contribution in [1.82, 2.24) is 4.90 Å². The summed E-state index contributed by atoms with van der Waals surface area (Å²) < 4.78 is 1.91. The van der Waals surface area contributed by atoms with Gasteiger partial charge >= 0.3 is 0 Å². The van der Waals surface area contributed by atoms with Crippen LogP contribution < -0.4 is 0 Å².